The first kappa shape index (κ1) is 13.8. The van der Waals surface area contributed by atoms with Gasteiger partial charge >= 0.3 is 0 Å². The molecule has 0 saturated carbocycles. The molecule has 2 heterocycles. The standard InChI is InChI=1S/C14H27N3O/c1-17-10-6-12(7-11-17)5-9-16-14(18)13-4-2-3-8-15-13/h12-13,15H,2-11H2,1H3,(H,16,18)/t13-/m1/s1. The zero-order valence-electron chi connectivity index (χ0n) is 11.6. The molecule has 0 aliphatic carbocycles. The Morgan fingerprint density at radius 3 is 2.72 bits per heavy atom. The lowest BCUT2D eigenvalue weighted by Gasteiger charge is -2.29. The predicted octanol–water partition coefficient (Wildman–Crippen LogP) is 0.977. The van der Waals surface area contributed by atoms with Gasteiger partial charge in [0.1, 0.15) is 0 Å². The Balaban J connectivity index is 1.58. The van der Waals surface area contributed by atoms with E-state index < -0.39 is 0 Å². The molecule has 0 spiro atoms. The molecule has 2 rings (SSSR count). The van der Waals surface area contributed by atoms with Crippen LogP contribution in [0.5, 0.6) is 0 Å². The van der Waals surface area contributed by atoms with Crippen LogP contribution in [0, 0.1) is 5.92 Å². The maximum atomic E-state index is 11.9. The van der Waals surface area contributed by atoms with Crippen LogP contribution in [0.25, 0.3) is 0 Å². The highest BCUT2D eigenvalue weighted by Crippen LogP contribution is 2.18. The Hall–Kier alpha value is -0.610. The van der Waals surface area contributed by atoms with Crippen molar-refractivity contribution in [1.29, 1.82) is 0 Å². The number of nitrogens with one attached hydrogen (secondary N) is 2. The first-order valence-electron chi connectivity index (χ1n) is 7.45. The number of amides is 1. The van der Waals surface area contributed by atoms with Gasteiger partial charge in [0.25, 0.3) is 0 Å². The zero-order chi connectivity index (χ0) is 12.8. The number of carbonyl (C=O) groups is 1. The maximum Gasteiger partial charge on any atom is 0.237 e. The predicted molar refractivity (Wildman–Crippen MR) is 73.5 cm³/mol. The third kappa shape index (κ3) is 4.25. The number of nitrogens with zero attached hydrogens (tertiary/aromatic N) is 1. The van der Waals surface area contributed by atoms with Crippen molar-refractivity contribution in [3.05, 3.63) is 0 Å². The van der Waals surface area contributed by atoms with Gasteiger partial charge in [-0.05, 0) is 64.7 Å². The lowest BCUT2D eigenvalue weighted by atomic mass is 9.94. The molecule has 0 aromatic heterocycles. The summed E-state index contributed by atoms with van der Waals surface area (Å²) in [6.07, 6.45) is 7.11. The fourth-order valence-corrected chi connectivity index (χ4v) is 2.95. The summed E-state index contributed by atoms with van der Waals surface area (Å²) in [5.41, 5.74) is 0. The molecule has 0 bridgehead atoms. The Morgan fingerprint density at radius 1 is 1.28 bits per heavy atom. The van der Waals surface area contributed by atoms with Gasteiger partial charge in [-0.3, -0.25) is 4.79 Å². The summed E-state index contributed by atoms with van der Waals surface area (Å²) < 4.78 is 0. The quantitative estimate of drug-likeness (QED) is 0.785. The molecule has 2 aliphatic rings. The van der Waals surface area contributed by atoms with Gasteiger partial charge in [0.15, 0.2) is 0 Å². The molecule has 104 valence electrons. The van der Waals surface area contributed by atoms with E-state index in [1.54, 1.807) is 0 Å². The molecule has 2 saturated heterocycles. The highest BCUT2D eigenvalue weighted by atomic mass is 16.2. The number of piperidine rings is 2. The van der Waals surface area contributed by atoms with Gasteiger partial charge in [0.05, 0.1) is 6.04 Å². The van der Waals surface area contributed by atoms with Crippen molar-refractivity contribution in [1.82, 2.24) is 15.5 Å². The van der Waals surface area contributed by atoms with Gasteiger partial charge in [-0.2, -0.15) is 0 Å². The molecule has 4 nitrogen and oxygen atoms in total. The number of rotatable bonds is 4. The highest BCUT2D eigenvalue weighted by molar-refractivity contribution is 5.81. The van der Waals surface area contributed by atoms with Crippen molar-refractivity contribution in [2.45, 2.75) is 44.6 Å². The Labute approximate surface area is 110 Å². The zero-order valence-corrected chi connectivity index (χ0v) is 11.6. The van der Waals surface area contributed by atoms with Gasteiger partial charge in [-0.15, -0.1) is 0 Å². The van der Waals surface area contributed by atoms with Crippen LogP contribution in [0.3, 0.4) is 0 Å². The number of hydrogen-bond donors (Lipinski definition) is 2. The van der Waals surface area contributed by atoms with Gasteiger partial charge in [-0.25, -0.2) is 0 Å². The van der Waals surface area contributed by atoms with Gasteiger partial charge in [-0.1, -0.05) is 6.42 Å². The molecule has 18 heavy (non-hydrogen) atoms. The average Bonchev–Trinajstić information content (AvgIpc) is 2.42. The summed E-state index contributed by atoms with van der Waals surface area (Å²) in [5, 5.41) is 6.39. The van der Waals surface area contributed by atoms with Crippen LogP contribution in [-0.2, 0) is 4.79 Å². The second-order valence-corrected chi connectivity index (χ2v) is 5.83. The molecule has 1 atom stereocenters. The smallest absolute Gasteiger partial charge is 0.237 e. The first-order valence-corrected chi connectivity index (χ1v) is 7.45. The lowest BCUT2D eigenvalue weighted by Crippen LogP contribution is -2.47. The van der Waals surface area contributed by atoms with E-state index in [1.165, 1.54) is 38.8 Å². The summed E-state index contributed by atoms with van der Waals surface area (Å²) >= 11 is 0. The topological polar surface area (TPSA) is 44.4 Å². The molecular weight excluding hydrogens is 226 g/mol. The lowest BCUT2D eigenvalue weighted by molar-refractivity contribution is -0.123. The SMILES string of the molecule is CN1CCC(CCNC(=O)[C@H]2CCCCN2)CC1. The largest absolute Gasteiger partial charge is 0.355 e. The average molecular weight is 253 g/mol. The van der Waals surface area contributed by atoms with Gasteiger partial charge in [0.2, 0.25) is 5.91 Å². The van der Waals surface area contributed by atoms with Crippen molar-refractivity contribution in [2.24, 2.45) is 5.92 Å². The van der Waals surface area contributed by atoms with Crippen LogP contribution in [0.2, 0.25) is 0 Å². The second-order valence-electron chi connectivity index (χ2n) is 5.83. The summed E-state index contributed by atoms with van der Waals surface area (Å²) in [6, 6.07) is 0.0660. The van der Waals surface area contributed by atoms with Crippen molar-refractivity contribution in [3.8, 4) is 0 Å². The molecule has 1 amide bonds. The molecule has 4 heteroatoms. The fourth-order valence-electron chi connectivity index (χ4n) is 2.95. The minimum absolute atomic E-state index is 0.0660. The summed E-state index contributed by atoms with van der Waals surface area (Å²) in [5.74, 6) is 1.02. The van der Waals surface area contributed by atoms with Crippen LogP contribution < -0.4 is 10.6 Å². The normalized spacial score (nSPS) is 27.1. The highest BCUT2D eigenvalue weighted by Gasteiger charge is 2.21. The van der Waals surface area contributed by atoms with Crippen LogP contribution >= 0.6 is 0 Å². The van der Waals surface area contributed by atoms with Crippen molar-refractivity contribution in [3.63, 3.8) is 0 Å². The van der Waals surface area contributed by atoms with Crippen LogP contribution in [0.1, 0.15) is 38.5 Å². The minimum atomic E-state index is 0.0660. The number of hydrogen-bond acceptors (Lipinski definition) is 3. The van der Waals surface area contributed by atoms with E-state index in [9.17, 15) is 4.79 Å². The molecule has 2 aliphatic heterocycles. The van der Waals surface area contributed by atoms with E-state index in [0.29, 0.717) is 0 Å². The second kappa shape index (κ2) is 7.10. The molecule has 2 fully saturated rings. The van der Waals surface area contributed by atoms with Crippen molar-refractivity contribution >= 4 is 5.91 Å². The van der Waals surface area contributed by atoms with E-state index in [-0.39, 0.29) is 11.9 Å². The minimum Gasteiger partial charge on any atom is -0.355 e. The number of likely N-dealkylation sites (tertiary alicyclic amines) is 1. The van der Waals surface area contributed by atoms with Crippen molar-refractivity contribution in [2.75, 3.05) is 33.2 Å². The molecule has 0 unspecified atom stereocenters. The molecular formula is C14H27N3O. The van der Waals surface area contributed by atoms with E-state index in [4.69, 9.17) is 0 Å². The van der Waals surface area contributed by atoms with E-state index in [2.05, 4.69) is 22.6 Å². The summed E-state index contributed by atoms with van der Waals surface area (Å²) in [4.78, 5) is 14.3. The van der Waals surface area contributed by atoms with Crippen molar-refractivity contribution < 1.29 is 4.79 Å². The van der Waals surface area contributed by atoms with Gasteiger partial charge in [0, 0.05) is 6.54 Å². The van der Waals surface area contributed by atoms with E-state index in [1.807, 2.05) is 0 Å². The van der Waals surface area contributed by atoms with Crippen LogP contribution in [-0.4, -0.2) is 50.1 Å². The summed E-state index contributed by atoms with van der Waals surface area (Å²) in [7, 11) is 2.19. The Morgan fingerprint density at radius 2 is 2.06 bits per heavy atom. The fraction of sp³-hybridized carbons (Fsp3) is 0.929. The maximum absolute atomic E-state index is 11.9. The Kier molecular flexibility index (Phi) is 5.45. The van der Waals surface area contributed by atoms with Gasteiger partial charge < -0.3 is 15.5 Å². The third-order valence-electron chi connectivity index (χ3n) is 4.32. The molecule has 0 radical (unpaired) electrons. The molecule has 2 N–H and O–H groups in total. The molecule has 0 aromatic rings. The van der Waals surface area contributed by atoms with Crippen LogP contribution in [0.4, 0.5) is 0 Å². The third-order valence-corrected chi connectivity index (χ3v) is 4.32. The van der Waals surface area contributed by atoms with Crippen LogP contribution in [0.15, 0.2) is 0 Å². The number of carbonyl (C=O) groups excluding carboxylic acids is 1. The van der Waals surface area contributed by atoms with E-state index >= 15 is 0 Å². The molecule has 0 aromatic carbocycles. The summed E-state index contributed by atoms with van der Waals surface area (Å²) in [6.45, 7) is 4.27. The Bertz CT molecular complexity index is 256. The monoisotopic (exact) mass is 253 g/mol. The van der Waals surface area contributed by atoms with E-state index in [0.717, 1.165) is 31.8 Å². The first-order chi connectivity index (χ1) is 8.75.